The van der Waals surface area contributed by atoms with Crippen LogP contribution in [0.3, 0.4) is 0 Å². The minimum Gasteiger partial charge on any atom is -0.507 e. The Hall–Kier alpha value is -2.24. The number of amides is 1. The summed E-state index contributed by atoms with van der Waals surface area (Å²) in [4.78, 5) is 24.7. The normalized spacial score (nSPS) is 22.5. The average Bonchev–Trinajstić information content (AvgIpc) is 2.70. The number of phenols is 2. The second kappa shape index (κ2) is 4.79. The van der Waals surface area contributed by atoms with Crippen LogP contribution in [0.25, 0.3) is 0 Å². The van der Waals surface area contributed by atoms with Crippen molar-refractivity contribution in [2.24, 2.45) is 5.92 Å². The van der Waals surface area contributed by atoms with Crippen LogP contribution in [-0.4, -0.2) is 44.7 Å². The van der Waals surface area contributed by atoms with Crippen molar-refractivity contribution in [1.29, 1.82) is 0 Å². The Kier molecular flexibility index (Phi) is 3.33. The zero-order valence-electron chi connectivity index (χ0n) is 10.4. The molecule has 0 aliphatic carbocycles. The molecule has 1 aliphatic heterocycles. The predicted molar refractivity (Wildman–Crippen MR) is 66.0 cm³/mol. The van der Waals surface area contributed by atoms with Gasteiger partial charge in [-0.15, -0.1) is 0 Å². The Labute approximate surface area is 109 Å². The molecule has 1 saturated heterocycles. The van der Waals surface area contributed by atoms with Gasteiger partial charge in [-0.05, 0) is 24.5 Å². The monoisotopic (exact) mass is 265 g/mol. The highest BCUT2D eigenvalue weighted by molar-refractivity contribution is 6.01. The first-order chi connectivity index (χ1) is 8.93. The van der Waals surface area contributed by atoms with Crippen LogP contribution in [0.1, 0.15) is 23.7 Å². The van der Waals surface area contributed by atoms with Crippen LogP contribution in [0.2, 0.25) is 0 Å². The summed E-state index contributed by atoms with van der Waals surface area (Å²) in [7, 11) is 0. The van der Waals surface area contributed by atoms with Crippen LogP contribution in [0, 0.1) is 5.92 Å². The van der Waals surface area contributed by atoms with Crippen molar-refractivity contribution < 1.29 is 24.9 Å². The molecule has 2 unspecified atom stereocenters. The van der Waals surface area contributed by atoms with Crippen molar-refractivity contribution in [1.82, 2.24) is 4.90 Å². The molecule has 6 heteroatoms. The Morgan fingerprint density at radius 3 is 2.37 bits per heavy atom. The number of carbonyl (C=O) groups is 2. The van der Waals surface area contributed by atoms with E-state index in [0.29, 0.717) is 13.0 Å². The second-order valence-corrected chi connectivity index (χ2v) is 4.72. The molecule has 0 aromatic heterocycles. The fraction of sp³-hybridized carbons (Fsp3) is 0.385. The number of benzene rings is 1. The minimum atomic E-state index is -1.08. The van der Waals surface area contributed by atoms with Gasteiger partial charge in [0.2, 0.25) is 0 Å². The highest BCUT2D eigenvalue weighted by Gasteiger charge is 2.40. The van der Waals surface area contributed by atoms with Crippen molar-refractivity contribution in [3.63, 3.8) is 0 Å². The van der Waals surface area contributed by atoms with Crippen LogP contribution in [0.5, 0.6) is 11.5 Å². The quantitative estimate of drug-likeness (QED) is 0.742. The number of aromatic hydroxyl groups is 2. The third kappa shape index (κ3) is 2.21. The molecule has 0 bridgehead atoms. The van der Waals surface area contributed by atoms with Crippen LogP contribution in [-0.2, 0) is 4.79 Å². The van der Waals surface area contributed by atoms with Crippen molar-refractivity contribution in [2.45, 2.75) is 19.4 Å². The Morgan fingerprint density at radius 1 is 1.26 bits per heavy atom. The molecule has 1 aromatic carbocycles. The molecular formula is C13H15NO5. The number of hydrogen-bond acceptors (Lipinski definition) is 4. The number of hydrogen-bond donors (Lipinski definition) is 3. The molecule has 102 valence electrons. The minimum absolute atomic E-state index is 0.158. The maximum atomic E-state index is 12.3. The standard InChI is InChI=1S/C13H15NO5/c1-7-5-6-14(11(7)13(18)19)12(17)10-8(15)3-2-4-9(10)16/h2-4,7,11,15-16H,5-6H2,1H3,(H,18,19). The first-order valence-corrected chi connectivity index (χ1v) is 5.98. The van der Waals surface area contributed by atoms with Crippen molar-refractivity contribution in [2.75, 3.05) is 6.54 Å². The zero-order valence-corrected chi connectivity index (χ0v) is 10.4. The van der Waals surface area contributed by atoms with E-state index in [9.17, 15) is 19.8 Å². The summed E-state index contributed by atoms with van der Waals surface area (Å²) in [6, 6.07) is 3.04. The molecule has 6 nitrogen and oxygen atoms in total. The zero-order chi connectivity index (χ0) is 14.2. The lowest BCUT2D eigenvalue weighted by Gasteiger charge is -2.24. The van der Waals surface area contributed by atoms with E-state index in [1.165, 1.54) is 23.1 Å². The van der Waals surface area contributed by atoms with Crippen LogP contribution >= 0.6 is 0 Å². The molecule has 2 atom stereocenters. The molecule has 0 radical (unpaired) electrons. The molecule has 1 fully saturated rings. The van der Waals surface area contributed by atoms with E-state index in [1.807, 2.05) is 0 Å². The highest BCUT2D eigenvalue weighted by atomic mass is 16.4. The van der Waals surface area contributed by atoms with Crippen LogP contribution in [0.15, 0.2) is 18.2 Å². The van der Waals surface area contributed by atoms with E-state index in [-0.39, 0.29) is 23.0 Å². The summed E-state index contributed by atoms with van der Waals surface area (Å²) in [5.41, 5.74) is -0.247. The summed E-state index contributed by atoms with van der Waals surface area (Å²) in [6.07, 6.45) is 0.580. The van der Waals surface area contributed by atoms with Gasteiger partial charge in [0.25, 0.3) is 5.91 Å². The molecule has 19 heavy (non-hydrogen) atoms. The smallest absolute Gasteiger partial charge is 0.326 e. The van der Waals surface area contributed by atoms with Gasteiger partial charge in [0.15, 0.2) is 0 Å². The summed E-state index contributed by atoms with van der Waals surface area (Å²) >= 11 is 0. The van der Waals surface area contributed by atoms with Crippen molar-refractivity contribution >= 4 is 11.9 Å². The number of likely N-dealkylation sites (tertiary alicyclic amines) is 1. The number of carboxylic acids is 1. The van der Waals surface area contributed by atoms with Gasteiger partial charge < -0.3 is 20.2 Å². The third-order valence-electron chi connectivity index (χ3n) is 3.45. The Morgan fingerprint density at radius 2 is 1.84 bits per heavy atom. The SMILES string of the molecule is CC1CCN(C(=O)c2c(O)cccc2O)C1C(=O)O. The molecule has 3 N–H and O–H groups in total. The van der Waals surface area contributed by atoms with E-state index in [1.54, 1.807) is 6.92 Å². The number of rotatable bonds is 2. The molecule has 0 saturated carbocycles. The maximum absolute atomic E-state index is 12.3. The fourth-order valence-electron chi connectivity index (χ4n) is 2.44. The molecule has 1 aromatic rings. The first-order valence-electron chi connectivity index (χ1n) is 5.98. The summed E-state index contributed by atoms with van der Waals surface area (Å²) in [5.74, 6) is -2.60. The lowest BCUT2D eigenvalue weighted by Crippen LogP contribution is -2.42. The Bertz CT molecular complexity index is 508. The second-order valence-electron chi connectivity index (χ2n) is 4.72. The maximum Gasteiger partial charge on any atom is 0.326 e. The summed E-state index contributed by atoms with van der Waals surface area (Å²) in [5, 5.41) is 28.5. The van der Waals surface area contributed by atoms with E-state index >= 15 is 0 Å². The van der Waals surface area contributed by atoms with E-state index in [2.05, 4.69) is 0 Å². The van der Waals surface area contributed by atoms with Crippen LogP contribution in [0.4, 0.5) is 0 Å². The highest BCUT2D eigenvalue weighted by Crippen LogP contribution is 2.32. The number of carboxylic acid groups (broad SMARTS) is 1. The third-order valence-corrected chi connectivity index (χ3v) is 3.45. The predicted octanol–water partition coefficient (Wildman–Crippen LogP) is 1.03. The van der Waals surface area contributed by atoms with Gasteiger partial charge in [-0.3, -0.25) is 4.79 Å². The summed E-state index contributed by atoms with van der Waals surface area (Å²) in [6.45, 7) is 2.06. The van der Waals surface area contributed by atoms with E-state index in [4.69, 9.17) is 5.11 Å². The van der Waals surface area contributed by atoms with Gasteiger partial charge in [-0.25, -0.2) is 4.79 Å². The van der Waals surface area contributed by atoms with Crippen LogP contribution < -0.4 is 0 Å². The summed E-state index contributed by atoms with van der Waals surface area (Å²) < 4.78 is 0. The van der Waals surface area contributed by atoms with E-state index < -0.39 is 17.9 Å². The van der Waals surface area contributed by atoms with Crippen molar-refractivity contribution in [3.05, 3.63) is 23.8 Å². The number of carbonyl (C=O) groups excluding carboxylic acids is 1. The number of phenolic OH excluding ortho intramolecular Hbond substituents is 2. The molecule has 2 rings (SSSR count). The van der Waals surface area contributed by atoms with Gasteiger partial charge in [-0.1, -0.05) is 13.0 Å². The molecule has 1 heterocycles. The topological polar surface area (TPSA) is 98.1 Å². The van der Waals surface area contributed by atoms with Gasteiger partial charge >= 0.3 is 5.97 Å². The van der Waals surface area contributed by atoms with E-state index in [0.717, 1.165) is 0 Å². The molecular weight excluding hydrogens is 250 g/mol. The lowest BCUT2D eigenvalue weighted by molar-refractivity contribution is -0.142. The Balaban J connectivity index is 2.37. The number of aliphatic carboxylic acids is 1. The van der Waals surface area contributed by atoms with Gasteiger partial charge in [0, 0.05) is 6.54 Å². The fourth-order valence-corrected chi connectivity index (χ4v) is 2.44. The van der Waals surface area contributed by atoms with Crippen molar-refractivity contribution in [3.8, 4) is 11.5 Å². The first kappa shape index (κ1) is 13.2. The van der Waals surface area contributed by atoms with Gasteiger partial charge in [-0.2, -0.15) is 0 Å². The average molecular weight is 265 g/mol. The van der Waals surface area contributed by atoms with Gasteiger partial charge in [0.1, 0.15) is 23.1 Å². The largest absolute Gasteiger partial charge is 0.507 e. The molecule has 1 aliphatic rings. The number of nitrogens with zero attached hydrogens (tertiary/aromatic N) is 1. The molecule has 0 spiro atoms. The molecule has 1 amide bonds. The lowest BCUT2D eigenvalue weighted by atomic mass is 10.0. The van der Waals surface area contributed by atoms with Gasteiger partial charge in [0.05, 0.1) is 0 Å².